The highest BCUT2D eigenvalue weighted by molar-refractivity contribution is 6.34. The summed E-state index contributed by atoms with van der Waals surface area (Å²) in [4.78, 5) is 23.5. The second-order valence-corrected chi connectivity index (χ2v) is 5.04. The lowest BCUT2D eigenvalue weighted by atomic mass is 10.2. The monoisotopic (exact) mass is 270 g/mol. The van der Waals surface area contributed by atoms with Crippen molar-refractivity contribution in [2.24, 2.45) is 5.84 Å². The Labute approximate surface area is 110 Å². The third kappa shape index (κ3) is 3.72. The van der Waals surface area contributed by atoms with Gasteiger partial charge in [-0.25, -0.2) is 10.6 Å². The number of benzene rings is 1. The highest BCUT2D eigenvalue weighted by Crippen LogP contribution is 2.17. The van der Waals surface area contributed by atoms with Crippen LogP contribution < -0.4 is 5.84 Å². The minimum Gasteiger partial charge on any atom is -0.442 e. The predicted octanol–water partition coefficient (Wildman–Crippen LogP) is 2.59. The summed E-state index contributed by atoms with van der Waals surface area (Å²) in [5, 5.41) is 0.633. The number of rotatable bonds is 1. The first kappa shape index (κ1) is 14.5. The van der Waals surface area contributed by atoms with Gasteiger partial charge in [-0.1, -0.05) is 23.7 Å². The molecule has 0 spiro atoms. The van der Waals surface area contributed by atoms with E-state index in [1.54, 1.807) is 32.9 Å². The zero-order valence-corrected chi connectivity index (χ0v) is 11.2. The third-order valence-electron chi connectivity index (χ3n) is 1.91. The summed E-state index contributed by atoms with van der Waals surface area (Å²) in [6.07, 6.45) is -0.924. The molecule has 0 aliphatic carbocycles. The van der Waals surface area contributed by atoms with Gasteiger partial charge in [0.05, 0.1) is 10.6 Å². The number of carbonyl (C=O) groups is 2. The Balaban J connectivity index is 2.85. The molecule has 0 heterocycles. The van der Waals surface area contributed by atoms with Crippen molar-refractivity contribution >= 4 is 23.6 Å². The molecule has 0 aliphatic rings. The molecule has 2 amide bonds. The maximum absolute atomic E-state index is 11.9. The maximum Gasteiger partial charge on any atom is 0.432 e. The topological polar surface area (TPSA) is 72.6 Å². The molecule has 0 fully saturated rings. The van der Waals surface area contributed by atoms with Crippen LogP contribution in [0.4, 0.5) is 4.79 Å². The van der Waals surface area contributed by atoms with Crippen molar-refractivity contribution in [2.75, 3.05) is 0 Å². The zero-order valence-electron chi connectivity index (χ0n) is 10.4. The van der Waals surface area contributed by atoms with Crippen molar-refractivity contribution in [3.8, 4) is 0 Å². The maximum atomic E-state index is 11.9. The average molecular weight is 271 g/mol. The molecule has 0 aliphatic heterocycles. The lowest BCUT2D eigenvalue weighted by Gasteiger charge is -2.23. The third-order valence-corrected chi connectivity index (χ3v) is 2.24. The van der Waals surface area contributed by atoms with Gasteiger partial charge in [-0.3, -0.25) is 4.79 Å². The number of ether oxygens (including phenoxy) is 1. The fourth-order valence-corrected chi connectivity index (χ4v) is 1.38. The van der Waals surface area contributed by atoms with Crippen molar-refractivity contribution in [1.29, 1.82) is 0 Å². The lowest BCUT2D eigenvalue weighted by molar-refractivity contribution is 0.0239. The number of amides is 2. The number of nitrogens with zero attached hydrogens (tertiary/aromatic N) is 1. The highest BCUT2D eigenvalue weighted by Gasteiger charge is 2.26. The smallest absolute Gasteiger partial charge is 0.432 e. The standard InChI is InChI=1S/C12H15ClN2O3/c1-12(2,3)18-11(17)15(14)10(16)8-6-4-5-7-9(8)13/h4-7H,14H2,1-3H3. The molecule has 1 rings (SSSR count). The normalized spacial score (nSPS) is 10.9. The van der Waals surface area contributed by atoms with Crippen LogP contribution in [0.3, 0.4) is 0 Å². The van der Waals surface area contributed by atoms with E-state index in [1.165, 1.54) is 12.1 Å². The summed E-state index contributed by atoms with van der Waals surface area (Å²) in [6, 6.07) is 6.32. The van der Waals surface area contributed by atoms with Gasteiger partial charge < -0.3 is 4.74 Å². The largest absolute Gasteiger partial charge is 0.442 e. The molecule has 0 atom stereocenters. The van der Waals surface area contributed by atoms with Crippen molar-refractivity contribution in [1.82, 2.24) is 5.01 Å². The first-order chi connectivity index (χ1) is 8.22. The number of carbonyl (C=O) groups excluding carboxylic acids is 2. The minimum atomic E-state index is -0.924. The van der Waals surface area contributed by atoms with Crippen LogP contribution in [0.5, 0.6) is 0 Å². The van der Waals surface area contributed by atoms with E-state index in [1.807, 2.05) is 0 Å². The van der Waals surface area contributed by atoms with E-state index in [-0.39, 0.29) is 10.6 Å². The number of imide groups is 1. The molecule has 0 radical (unpaired) electrons. The van der Waals surface area contributed by atoms with E-state index >= 15 is 0 Å². The van der Waals surface area contributed by atoms with Crippen molar-refractivity contribution < 1.29 is 14.3 Å². The Hall–Kier alpha value is -1.59. The second-order valence-electron chi connectivity index (χ2n) is 4.64. The molecule has 0 unspecified atom stereocenters. The SMILES string of the molecule is CC(C)(C)OC(=O)N(N)C(=O)c1ccccc1Cl. The molecule has 0 saturated heterocycles. The molecule has 5 nitrogen and oxygen atoms in total. The molecule has 0 aromatic heterocycles. The van der Waals surface area contributed by atoms with Gasteiger partial charge in [-0.15, -0.1) is 0 Å². The minimum absolute atomic E-state index is 0.146. The molecule has 1 aromatic carbocycles. The summed E-state index contributed by atoms with van der Waals surface area (Å²) in [6.45, 7) is 5.04. The summed E-state index contributed by atoms with van der Waals surface area (Å²) in [7, 11) is 0. The molecule has 98 valence electrons. The van der Waals surface area contributed by atoms with Gasteiger partial charge in [-0.05, 0) is 32.9 Å². The van der Waals surface area contributed by atoms with E-state index in [4.69, 9.17) is 22.2 Å². The van der Waals surface area contributed by atoms with Gasteiger partial charge in [-0.2, -0.15) is 5.01 Å². The molecule has 1 aromatic rings. The molecule has 6 heteroatoms. The van der Waals surface area contributed by atoms with Crippen LogP contribution in [0.2, 0.25) is 5.02 Å². The molecular formula is C12H15ClN2O3. The van der Waals surface area contributed by atoms with Gasteiger partial charge in [0.1, 0.15) is 5.60 Å². The number of hydrogen-bond acceptors (Lipinski definition) is 4. The lowest BCUT2D eigenvalue weighted by Crippen LogP contribution is -2.45. The van der Waals surface area contributed by atoms with E-state index in [0.29, 0.717) is 5.01 Å². The van der Waals surface area contributed by atoms with Crippen LogP contribution in [-0.4, -0.2) is 22.6 Å². The molecule has 0 bridgehead atoms. The van der Waals surface area contributed by atoms with E-state index in [2.05, 4.69) is 0 Å². The number of hydrogen-bond donors (Lipinski definition) is 1. The number of halogens is 1. The zero-order chi connectivity index (χ0) is 13.9. The van der Waals surface area contributed by atoms with Crippen LogP contribution >= 0.6 is 11.6 Å². The van der Waals surface area contributed by atoms with Crippen molar-refractivity contribution in [3.05, 3.63) is 34.9 Å². The molecular weight excluding hydrogens is 256 g/mol. The van der Waals surface area contributed by atoms with Crippen LogP contribution in [-0.2, 0) is 4.74 Å². The summed E-state index contributed by atoms with van der Waals surface area (Å²) in [5.41, 5.74) is -0.581. The number of hydrazine groups is 1. The van der Waals surface area contributed by atoms with Crippen LogP contribution in [0.1, 0.15) is 31.1 Å². The Morgan fingerprint density at radius 3 is 2.33 bits per heavy atom. The Bertz CT molecular complexity index is 469. The summed E-state index contributed by atoms with van der Waals surface area (Å²) in [5.74, 6) is 4.71. The van der Waals surface area contributed by atoms with Gasteiger partial charge >= 0.3 is 6.09 Å². The fourth-order valence-electron chi connectivity index (χ4n) is 1.16. The van der Waals surface area contributed by atoms with E-state index in [9.17, 15) is 9.59 Å². The second kappa shape index (κ2) is 5.37. The Morgan fingerprint density at radius 1 is 1.28 bits per heavy atom. The van der Waals surface area contributed by atoms with Gasteiger partial charge in [0, 0.05) is 0 Å². The first-order valence-corrected chi connectivity index (χ1v) is 5.67. The van der Waals surface area contributed by atoms with E-state index < -0.39 is 17.6 Å². The summed E-state index contributed by atoms with van der Waals surface area (Å²) < 4.78 is 4.98. The molecule has 2 N–H and O–H groups in total. The van der Waals surface area contributed by atoms with Gasteiger partial charge in [0.2, 0.25) is 0 Å². The number of nitrogens with two attached hydrogens (primary N) is 1. The Kier molecular flexibility index (Phi) is 4.32. The van der Waals surface area contributed by atoms with Crippen molar-refractivity contribution in [2.45, 2.75) is 26.4 Å². The van der Waals surface area contributed by atoms with Crippen LogP contribution in [0, 0.1) is 0 Å². The highest BCUT2D eigenvalue weighted by atomic mass is 35.5. The fraction of sp³-hybridized carbons (Fsp3) is 0.333. The Morgan fingerprint density at radius 2 is 1.83 bits per heavy atom. The summed E-state index contributed by atoms with van der Waals surface area (Å²) >= 11 is 5.85. The predicted molar refractivity (Wildman–Crippen MR) is 68.0 cm³/mol. The van der Waals surface area contributed by atoms with Gasteiger partial charge in [0.15, 0.2) is 0 Å². The van der Waals surface area contributed by atoms with Crippen LogP contribution in [0.25, 0.3) is 0 Å². The molecule has 0 saturated carbocycles. The quantitative estimate of drug-likeness (QED) is 0.484. The average Bonchev–Trinajstić information content (AvgIpc) is 2.25. The first-order valence-electron chi connectivity index (χ1n) is 5.29. The van der Waals surface area contributed by atoms with Gasteiger partial charge in [0.25, 0.3) is 5.91 Å². The van der Waals surface area contributed by atoms with Crippen LogP contribution in [0.15, 0.2) is 24.3 Å². The molecule has 18 heavy (non-hydrogen) atoms. The van der Waals surface area contributed by atoms with Crippen molar-refractivity contribution in [3.63, 3.8) is 0 Å². The van der Waals surface area contributed by atoms with E-state index in [0.717, 1.165) is 0 Å².